The Bertz CT molecular complexity index is 162. The van der Waals surface area contributed by atoms with Gasteiger partial charge in [0.15, 0.2) is 5.71 Å². The Labute approximate surface area is 58.5 Å². The summed E-state index contributed by atoms with van der Waals surface area (Å²) in [5.41, 5.74) is -0.236. The number of nitrogens with zero attached hydrogens (tertiary/aromatic N) is 1. The molecule has 0 bridgehead atoms. The van der Waals surface area contributed by atoms with Gasteiger partial charge in [-0.15, -0.1) is 6.58 Å². The number of carbonyl (C=O) groups is 1. The number of hydrogen-bond donors (Lipinski definition) is 2. The first-order valence-corrected chi connectivity index (χ1v) is 2.77. The lowest BCUT2D eigenvalue weighted by Gasteiger charge is -1.92. The average molecular weight is 143 g/mol. The normalized spacial score (nSPS) is 11.0. The van der Waals surface area contributed by atoms with Crippen LogP contribution in [-0.2, 0) is 4.79 Å². The summed E-state index contributed by atoms with van der Waals surface area (Å²) in [6, 6.07) is 0. The van der Waals surface area contributed by atoms with Crippen molar-refractivity contribution in [2.45, 2.75) is 12.8 Å². The minimum atomic E-state index is -1.19. The van der Waals surface area contributed by atoms with Crippen LogP contribution in [0, 0.1) is 0 Å². The predicted octanol–water partition coefficient (Wildman–Crippen LogP) is 0.867. The molecule has 0 spiro atoms. The molecule has 0 aliphatic heterocycles. The van der Waals surface area contributed by atoms with E-state index in [0.717, 1.165) is 0 Å². The Morgan fingerprint density at radius 2 is 2.30 bits per heavy atom. The molecule has 4 heteroatoms. The van der Waals surface area contributed by atoms with Crippen LogP contribution in [0.4, 0.5) is 0 Å². The van der Waals surface area contributed by atoms with E-state index in [2.05, 4.69) is 11.7 Å². The summed E-state index contributed by atoms with van der Waals surface area (Å²) < 4.78 is 0. The van der Waals surface area contributed by atoms with Crippen LogP contribution >= 0.6 is 0 Å². The van der Waals surface area contributed by atoms with Crippen LogP contribution in [0.5, 0.6) is 0 Å². The molecule has 0 aromatic carbocycles. The summed E-state index contributed by atoms with van der Waals surface area (Å²) in [4.78, 5) is 10.1. The van der Waals surface area contributed by atoms with Gasteiger partial charge in [-0.3, -0.25) is 0 Å². The van der Waals surface area contributed by atoms with Crippen LogP contribution in [0.25, 0.3) is 0 Å². The lowest BCUT2D eigenvalue weighted by atomic mass is 10.2. The number of carboxylic acid groups (broad SMARTS) is 1. The van der Waals surface area contributed by atoms with Crippen molar-refractivity contribution in [2.24, 2.45) is 5.16 Å². The number of allylic oxidation sites excluding steroid dienone is 1. The first kappa shape index (κ1) is 8.68. The predicted molar refractivity (Wildman–Crippen MR) is 36.3 cm³/mol. The molecule has 0 aromatic heterocycles. The zero-order valence-corrected chi connectivity index (χ0v) is 5.45. The smallest absolute Gasteiger partial charge is 0.353 e. The van der Waals surface area contributed by atoms with E-state index in [1.54, 1.807) is 6.08 Å². The van der Waals surface area contributed by atoms with Crippen LogP contribution in [0.3, 0.4) is 0 Å². The summed E-state index contributed by atoms with van der Waals surface area (Å²) in [6.45, 7) is 3.40. The average Bonchev–Trinajstić information content (AvgIpc) is 1.89. The second-order valence-electron chi connectivity index (χ2n) is 1.68. The molecule has 0 aliphatic carbocycles. The van der Waals surface area contributed by atoms with Gasteiger partial charge in [-0.05, 0) is 6.42 Å². The van der Waals surface area contributed by atoms with E-state index in [0.29, 0.717) is 6.42 Å². The van der Waals surface area contributed by atoms with Gasteiger partial charge in [0, 0.05) is 6.42 Å². The van der Waals surface area contributed by atoms with Crippen molar-refractivity contribution in [1.29, 1.82) is 0 Å². The number of carboxylic acids is 1. The minimum Gasteiger partial charge on any atom is -0.477 e. The Hall–Kier alpha value is -1.32. The summed E-state index contributed by atoms with van der Waals surface area (Å²) >= 11 is 0. The highest BCUT2D eigenvalue weighted by molar-refractivity contribution is 6.35. The van der Waals surface area contributed by atoms with Crippen LogP contribution in [0.15, 0.2) is 17.8 Å². The van der Waals surface area contributed by atoms with E-state index in [4.69, 9.17) is 10.3 Å². The second-order valence-corrected chi connectivity index (χ2v) is 1.68. The van der Waals surface area contributed by atoms with Crippen molar-refractivity contribution in [2.75, 3.05) is 0 Å². The highest BCUT2D eigenvalue weighted by Gasteiger charge is 2.07. The van der Waals surface area contributed by atoms with Gasteiger partial charge in [-0.1, -0.05) is 11.2 Å². The van der Waals surface area contributed by atoms with Gasteiger partial charge in [0.05, 0.1) is 0 Å². The van der Waals surface area contributed by atoms with Crippen molar-refractivity contribution in [3.8, 4) is 0 Å². The van der Waals surface area contributed by atoms with E-state index < -0.39 is 5.97 Å². The fraction of sp³-hybridized carbons (Fsp3) is 0.333. The molecule has 0 fully saturated rings. The van der Waals surface area contributed by atoms with Crippen LogP contribution < -0.4 is 0 Å². The van der Waals surface area contributed by atoms with E-state index in [1.807, 2.05) is 0 Å². The highest BCUT2D eigenvalue weighted by Crippen LogP contribution is 1.93. The Morgan fingerprint density at radius 3 is 2.60 bits per heavy atom. The number of hydrogen-bond acceptors (Lipinski definition) is 3. The van der Waals surface area contributed by atoms with Crippen molar-refractivity contribution >= 4 is 11.7 Å². The molecule has 0 radical (unpaired) electrons. The molecule has 0 atom stereocenters. The van der Waals surface area contributed by atoms with Crippen molar-refractivity contribution in [3.05, 3.63) is 12.7 Å². The fourth-order valence-electron chi connectivity index (χ4n) is 0.438. The molecule has 0 amide bonds. The first-order valence-electron chi connectivity index (χ1n) is 2.77. The summed E-state index contributed by atoms with van der Waals surface area (Å²) in [7, 11) is 0. The zero-order chi connectivity index (χ0) is 7.98. The molecule has 0 aromatic rings. The summed E-state index contributed by atoms with van der Waals surface area (Å²) in [6.07, 6.45) is 2.29. The van der Waals surface area contributed by atoms with E-state index in [1.165, 1.54) is 0 Å². The van der Waals surface area contributed by atoms with Gasteiger partial charge < -0.3 is 10.3 Å². The molecule has 0 unspecified atom stereocenters. The van der Waals surface area contributed by atoms with Crippen LogP contribution in [0.1, 0.15) is 12.8 Å². The number of aliphatic carboxylic acids is 1. The third-order valence-corrected chi connectivity index (χ3v) is 0.953. The van der Waals surface area contributed by atoms with Crippen LogP contribution in [-0.4, -0.2) is 22.0 Å². The maximum Gasteiger partial charge on any atom is 0.353 e. The third kappa shape index (κ3) is 2.86. The maximum atomic E-state index is 10.1. The van der Waals surface area contributed by atoms with E-state index in [9.17, 15) is 4.79 Å². The molecule has 0 heterocycles. The number of oxime groups is 1. The molecular formula is C6H9NO3. The maximum absolute atomic E-state index is 10.1. The highest BCUT2D eigenvalue weighted by atomic mass is 16.4. The van der Waals surface area contributed by atoms with Crippen molar-refractivity contribution in [1.82, 2.24) is 0 Å². The lowest BCUT2D eigenvalue weighted by Crippen LogP contribution is -2.12. The van der Waals surface area contributed by atoms with Gasteiger partial charge in [0.25, 0.3) is 0 Å². The quantitative estimate of drug-likeness (QED) is 0.265. The largest absolute Gasteiger partial charge is 0.477 e. The Balaban J connectivity index is 3.85. The van der Waals surface area contributed by atoms with Gasteiger partial charge in [0.1, 0.15) is 0 Å². The lowest BCUT2D eigenvalue weighted by molar-refractivity contribution is -0.129. The Kier molecular flexibility index (Phi) is 3.95. The van der Waals surface area contributed by atoms with Gasteiger partial charge >= 0.3 is 5.97 Å². The Morgan fingerprint density at radius 1 is 1.70 bits per heavy atom. The molecular weight excluding hydrogens is 134 g/mol. The number of rotatable bonds is 4. The minimum absolute atomic E-state index is 0.218. The van der Waals surface area contributed by atoms with Gasteiger partial charge in [-0.2, -0.15) is 0 Å². The van der Waals surface area contributed by atoms with Crippen LogP contribution in [0.2, 0.25) is 0 Å². The SMILES string of the molecule is C=CCC/C(=N/O)C(=O)O. The van der Waals surface area contributed by atoms with Gasteiger partial charge in [0.2, 0.25) is 0 Å². The molecule has 0 saturated heterocycles. The molecule has 0 aliphatic rings. The molecule has 0 saturated carbocycles. The molecule has 10 heavy (non-hydrogen) atoms. The van der Waals surface area contributed by atoms with E-state index in [-0.39, 0.29) is 12.1 Å². The molecule has 4 nitrogen and oxygen atoms in total. The molecule has 56 valence electrons. The molecule has 0 rings (SSSR count). The third-order valence-electron chi connectivity index (χ3n) is 0.953. The summed E-state index contributed by atoms with van der Waals surface area (Å²) in [5.74, 6) is -1.19. The first-order chi connectivity index (χ1) is 4.72. The topological polar surface area (TPSA) is 69.9 Å². The zero-order valence-electron chi connectivity index (χ0n) is 5.45. The van der Waals surface area contributed by atoms with Crippen molar-refractivity contribution < 1.29 is 15.1 Å². The van der Waals surface area contributed by atoms with Crippen molar-refractivity contribution in [3.63, 3.8) is 0 Å². The summed E-state index contributed by atoms with van der Waals surface area (Å²) in [5, 5.41) is 19.0. The second kappa shape index (κ2) is 4.55. The monoisotopic (exact) mass is 143 g/mol. The fourth-order valence-corrected chi connectivity index (χ4v) is 0.438. The molecule has 2 N–H and O–H groups in total. The van der Waals surface area contributed by atoms with E-state index >= 15 is 0 Å². The standard InChI is InChI=1S/C6H9NO3/c1-2-3-4-5(7-10)6(8)9/h2,10H,1,3-4H2,(H,8,9)/b7-5-. The van der Waals surface area contributed by atoms with Gasteiger partial charge in [-0.25, -0.2) is 4.79 Å².